The fraction of sp³-hybridized carbons (Fsp3) is 0.304. The molecule has 0 aromatic carbocycles. The Hall–Kier alpha value is -3.46. The number of pyridine rings is 1. The fourth-order valence-corrected chi connectivity index (χ4v) is 4.91. The van der Waals surface area contributed by atoms with Crippen molar-refractivity contribution >= 4 is 34.7 Å². The Balaban J connectivity index is 1.32. The summed E-state index contributed by atoms with van der Waals surface area (Å²) in [7, 11) is 0. The van der Waals surface area contributed by atoms with E-state index in [1.807, 2.05) is 55.4 Å². The highest BCUT2D eigenvalue weighted by atomic mass is 32.1. The Morgan fingerprint density at radius 2 is 2.09 bits per heavy atom. The van der Waals surface area contributed by atoms with Gasteiger partial charge in [-0.3, -0.25) is 19.3 Å². The SMILES string of the molecule is CC(C)(C)c1cc(NC(=O)c2csc3c2CCN(C(=O)c2cnc4ccccn24)C3)on1. The summed E-state index contributed by atoms with van der Waals surface area (Å²) in [6.07, 6.45) is 4.07. The Labute approximate surface area is 188 Å². The van der Waals surface area contributed by atoms with Crippen LogP contribution in [0.5, 0.6) is 0 Å². The third kappa shape index (κ3) is 3.58. The van der Waals surface area contributed by atoms with Gasteiger partial charge in [0, 0.05) is 34.5 Å². The number of fused-ring (bicyclic) bond motifs is 2. The number of hydrogen-bond donors (Lipinski definition) is 1. The second-order valence-electron chi connectivity index (χ2n) is 8.88. The molecule has 164 valence electrons. The van der Waals surface area contributed by atoms with Crippen LogP contribution in [0.3, 0.4) is 0 Å². The highest BCUT2D eigenvalue weighted by molar-refractivity contribution is 7.10. The minimum Gasteiger partial charge on any atom is -0.338 e. The number of thiophene rings is 1. The Bertz CT molecular complexity index is 1330. The zero-order valence-electron chi connectivity index (χ0n) is 18.1. The van der Waals surface area contributed by atoms with Gasteiger partial charge in [-0.25, -0.2) is 4.98 Å². The van der Waals surface area contributed by atoms with Crippen molar-refractivity contribution < 1.29 is 14.1 Å². The summed E-state index contributed by atoms with van der Waals surface area (Å²) in [6.45, 7) is 7.12. The lowest BCUT2D eigenvalue weighted by molar-refractivity contribution is 0.0730. The highest BCUT2D eigenvalue weighted by Gasteiger charge is 2.29. The van der Waals surface area contributed by atoms with Crippen LogP contribution in [0.25, 0.3) is 5.65 Å². The third-order valence-corrected chi connectivity index (χ3v) is 6.64. The van der Waals surface area contributed by atoms with Crippen molar-refractivity contribution in [3.63, 3.8) is 0 Å². The van der Waals surface area contributed by atoms with Crippen molar-refractivity contribution in [1.29, 1.82) is 0 Å². The second kappa shape index (κ2) is 7.59. The van der Waals surface area contributed by atoms with Gasteiger partial charge in [0.05, 0.1) is 24.0 Å². The van der Waals surface area contributed by atoms with Crippen LogP contribution in [0, 0.1) is 0 Å². The first-order chi connectivity index (χ1) is 15.3. The van der Waals surface area contributed by atoms with Gasteiger partial charge in [0.15, 0.2) is 0 Å². The molecule has 5 heterocycles. The van der Waals surface area contributed by atoms with Crippen LogP contribution < -0.4 is 5.32 Å². The van der Waals surface area contributed by atoms with Crippen LogP contribution in [0.15, 0.2) is 46.6 Å². The van der Waals surface area contributed by atoms with E-state index in [1.165, 1.54) is 11.3 Å². The van der Waals surface area contributed by atoms with Gasteiger partial charge in [0.25, 0.3) is 11.8 Å². The van der Waals surface area contributed by atoms with Crippen LogP contribution in [0.2, 0.25) is 0 Å². The van der Waals surface area contributed by atoms with Crippen LogP contribution in [-0.2, 0) is 18.4 Å². The zero-order chi connectivity index (χ0) is 22.5. The third-order valence-electron chi connectivity index (χ3n) is 5.63. The van der Waals surface area contributed by atoms with Gasteiger partial charge < -0.3 is 9.42 Å². The molecule has 1 aliphatic heterocycles. The molecule has 8 nitrogen and oxygen atoms in total. The summed E-state index contributed by atoms with van der Waals surface area (Å²) >= 11 is 1.50. The molecule has 0 saturated carbocycles. The quantitative estimate of drug-likeness (QED) is 0.508. The van der Waals surface area contributed by atoms with Gasteiger partial charge in [0.1, 0.15) is 11.3 Å². The van der Waals surface area contributed by atoms with Crippen LogP contribution in [-0.4, -0.2) is 37.8 Å². The van der Waals surface area contributed by atoms with Gasteiger partial charge in [0.2, 0.25) is 5.88 Å². The van der Waals surface area contributed by atoms with Crippen molar-refractivity contribution in [3.8, 4) is 0 Å². The molecule has 4 aromatic rings. The maximum absolute atomic E-state index is 13.1. The number of carbonyl (C=O) groups is 2. The predicted molar refractivity (Wildman–Crippen MR) is 121 cm³/mol. The second-order valence-corrected chi connectivity index (χ2v) is 9.84. The lowest BCUT2D eigenvalue weighted by Gasteiger charge is -2.27. The number of rotatable bonds is 3. The van der Waals surface area contributed by atoms with Crippen molar-refractivity contribution in [1.82, 2.24) is 19.4 Å². The number of carbonyl (C=O) groups excluding carboxylic acids is 2. The number of amides is 2. The number of anilines is 1. The topological polar surface area (TPSA) is 92.7 Å². The first-order valence-electron chi connectivity index (χ1n) is 10.4. The number of imidazole rings is 1. The Morgan fingerprint density at radius 1 is 1.25 bits per heavy atom. The molecular weight excluding hydrogens is 426 g/mol. The largest absolute Gasteiger partial charge is 0.338 e. The van der Waals surface area contributed by atoms with Crippen LogP contribution in [0.4, 0.5) is 5.88 Å². The van der Waals surface area contributed by atoms with Crippen molar-refractivity contribution in [2.75, 3.05) is 11.9 Å². The first kappa shape index (κ1) is 20.4. The highest BCUT2D eigenvalue weighted by Crippen LogP contribution is 2.31. The first-order valence-corrected chi connectivity index (χ1v) is 11.3. The molecule has 0 saturated heterocycles. The summed E-state index contributed by atoms with van der Waals surface area (Å²) < 4.78 is 7.09. The summed E-state index contributed by atoms with van der Waals surface area (Å²) in [5.41, 5.74) is 3.52. The average Bonchev–Trinajstić information content (AvgIpc) is 3.50. The van der Waals surface area contributed by atoms with Gasteiger partial charge in [-0.2, -0.15) is 0 Å². The number of hydrogen-bond acceptors (Lipinski definition) is 6. The minimum atomic E-state index is -0.222. The number of aromatic nitrogens is 3. The number of nitrogens with zero attached hydrogens (tertiary/aromatic N) is 4. The minimum absolute atomic E-state index is 0.0647. The van der Waals surface area contributed by atoms with Gasteiger partial charge in [-0.05, 0) is 24.1 Å². The van der Waals surface area contributed by atoms with Gasteiger partial charge >= 0.3 is 0 Å². The molecule has 0 fully saturated rings. The monoisotopic (exact) mass is 449 g/mol. The Kier molecular flexibility index (Phi) is 4.85. The van der Waals surface area contributed by atoms with Crippen LogP contribution in [0.1, 0.15) is 57.8 Å². The molecule has 1 aliphatic rings. The van der Waals surface area contributed by atoms with E-state index in [0.29, 0.717) is 36.7 Å². The molecule has 9 heteroatoms. The summed E-state index contributed by atoms with van der Waals surface area (Å²) in [5, 5.41) is 8.71. The Morgan fingerprint density at radius 3 is 2.88 bits per heavy atom. The van der Waals surface area contributed by atoms with E-state index in [4.69, 9.17) is 4.52 Å². The van der Waals surface area contributed by atoms with E-state index in [9.17, 15) is 9.59 Å². The predicted octanol–water partition coefficient (Wildman–Crippen LogP) is 4.13. The summed E-state index contributed by atoms with van der Waals surface area (Å²) in [5.74, 6) is 0.0471. The van der Waals surface area contributed by atoms with Gasteiger partial charge in [-0.15, -0.1) is 11.3 Å². The van der Waals surface area contributed by atoms with E-state index in [-0.39, 0.29) is 17.2 Å². The average molecular weight is 450 g/mol. The normalized spacial score (nSPS) is 13.9. The molecule has 0 aliphatic carbocycles. The van der Waals surface area contributed by atoms with Crippen molar-refractivity contribution in [2.45, 2.75) is 39.2 Å². The van der Waals surface area contributed by atoms with Gasteiger partial charge in [-0.1, -0.05) is 32.0 Å². The molecule has 0 unspecified atom stereocenters. The molecule has 0 atom stereocenters. The molecule has 0 spiro atoms. The maximum Gasteiger partial charge on any atom is 0.272 e. The van der Waals surface area contributed by atoms with E-state index >= 15 is 0 Å². The van der Waals surface area contributed by atoms with E-state index < -0.39 is 0 Å². The maximum atomic E-state index is 13.1. The van der Waals surface area contributed by atoms with E-state index in [1.54, 1.807) is 16.7 Å². The lowest BCUT2D eigenvalue weighted by atomic mass is 9.92. The molecule has 4 aromatic heterocycles. The zero-order valence-corrected chi connectivity index (χ0v) is 18.9. The molecule has 32 heavy (non-hydrogen) atoms. The van der Waals surface area contributed by atoms with E-state index in [0.717, 1.165) is 21.8 Å². The summed E-state index contributed by atoms with van der Waals surface area (Å²) in [6, 6.07) is 7.40. The summed E-state index contributed by atoms with van der Waals surface area (Å²) in [4.78, 5) is 33.1. The number of nitrogens with one attached hydrogen (secondary N) is 1. The smallest absolute Gasteiger partial charge is 0.272 e. The molecular formula is C23H23N5O3S. The van der Waals surface area contributed by atoms with Crippen molar-refractivity contribution in [2.24, 2.45) is 0 Å². The van der Waals surface area contributed by atoms with E-state index in [2.05, 4.69) is 15.5 Å². The molecule has 1 N–H and O–H groups in total. The molecule has 0 radical (unpaired) electrons. The molecule has 0 bridgehead atoms. The standard InChI is InChI=1S/C23H23N5O3S/c1-23(2,3)18-10-20(31-26-18)25-21(29)15-13-32-17-12-27(9-7-14(15)17)22(30)16-11-24-19-6-4-5-8-28(16)19/h4-6,8,10-11,13H,7,9,12H2,1-3H3,(H,25,29). The lowest BCUT2D eigenvalue weighted by Crippen LogP contribution is -2.36. The molecule has 5 rings (SSSR count). The molecule has 2 amide bonds. The van der Waals surface area contributed by atoms with Crippen LogP contribution >= 0.6 is 11.3 Å². The van der Waals surface area contributed by atoms with Crippen molar-refractivity contribution in [3.05, 3.63) is 69.4 Å². The fourth-order valence-electron chi connectivity index (χ4n) is 3.81.